The molecule has 4 atom stereocenters. The summed E-state index contributed by atoms with van der Waals surface area (Å²) in [6.07, 6.45) is 5.52. The summed E-state index contributed by atoms with van der Waals surface area (Å²) in [7, 11) is 0. The molecule has 0 saturated heterocycles. The zero-order valence-electron chi connectivity index (χ0n) is 15.7. The fraction of sp³-hybridized carbons (Fsp3) is 0.476. The summed E-state index contributed by atoms with van der Waals surface area (Å²) in [5, 5.41) is 19.3. The van der Waals surface area contributed by atoms with E-state index in [1.54, 1.807) is 12.1 Å². The highest BCUT2D eigenvalue weighted by molar-refractivity contribution is 6.33. The first kappa shape index (κ1) is 18.6. The molecule has 4 aliphatic rings. The van der Waals surface area contributed by atoms with E-state index in [2.05, 4.69) is 10.4 Å². The van der Waals surface area contributed by atoms with Gasteiger partial charge in [0.2, 0.25) is 0 Å². The Hall–Kier alpha value is -2.41. The number of rotatable bonds is 4. The van der Waals surface area contributed by atoms with Gasteiger partial charge in [-0.15, -0.1) is 0 Å². The molecule has 8 heteroatoms. The highest BCUT2D eigenvalue weighted by Gasteiger charge is 2.60. The monoisotopic (exact) mass is 416 g/mol. The van der Waals surface area contributed by atoms with Gasteiger partial charge in [0.25, 0.3) is 5.56 Å². The molecule has 152 valence electrons. The molecule has 0 aliphatic heterocycles. The van der Waals surface area contributed by atoms with Gasteiger partial charge in [-0.25, -0.2) is 9.07 Å². The third-order valence-corrected chi connectivity index (χ3v) is 7.30. The third-order valence-electron chi connectivity index (χ3n) is 6.94. The number of aromatic nitrogens is 2. The number of anilines is 2. The van der Waals surface area contributed by atoms with Crippen LogP contribution in [0.1, 0.15) is 38.5 Å². The number of aliphatic carboxylic acids is 1. The lowest BCUT2D eigenvalue weighted by atomic mass is 9.47. The Labute approximate surface area is 171 Å². The van der Waals surface area contributed by atoms with Gasteiger partial charge in [-0.1, -0.05) is 17.7 Å². The maximum absolute atomic E-state index is 13.4. The minimum Gasteiger partial charge on any atom is -0.550 e. The Morgan fingerprint density at radius 1 is 1.28 bits per heavy atom. The van der Waals surface area contributed by atoms with Gasteiger partial charge in [-0.3, -0.25) is 4.79 Å². The molecular weight excluding hydrogens is 397 g/mol. The van der Waals surface area contributed by atoms with Crippen LogP contribution in [0.15, 0.2) is 35.3 Å². The minimum absolute atomic E-state index is 0.0393. The topological polar surface area (TPSA) is 87.0 Å². The van der Waals surface area contributed by atoms with Crippen LogP contribution >= 0.6 is 11.6 Å². The summed E-state index contributed by atoms with van der Waals surface area (Å²) in [6, 6.07) is 5.83. The van der Waals surface area contributed by atoms with Crippen LogP contribution in [0, 0.1) is 23.1 Å². The average Bonchev–Trinajstić information content (AvgIpc) is 2.64. The largest absolute Gasteiger partial charge is 0.550 e. The van der Waals surface area contributed by atoms with Crippen molar-refractivity contribution in [3.8, 4) is 0 Å². The van der Waals surface area contributed by atoms with E-state index in [1.165, 1.54) is 23.0 Å². The first-order chi connectivity index (χ1) is 13.8. The van der Waals surface area contributed by atoms with Crippen LogP contribution in [0.4, 0.5) is 15.8 Å². The number of carbonyl (C=O) groups excluding carboxylic acids is 1. The molecule has 4 saturated carbocycles. The van der Waals surface area contributed by atoms with E-state index in [-0.39, 0.29) is 22.5 Å². The fourth-order valence-electron chi connectivity index (χ4n) is 6.28. The molecular formula is C21H20ClFN3O3-. The molecule has 1 aromatic carbocycles. The summed E-state index contributed by atoms with van der Waals surface area (Å²) >= 11 is 6.37. The molecule has 1 heterocycles. The standard InChI is InChI=1S/C21H21ClFN3O3/c22-17-16(25-15-3-1-2-14(23)5-15)10-24-26(18(17)27)21-8-12-4-13(9-21)7-20(6-12,11-21)19(28)29/h1-3,5,10,12-13,25H,4,6-9,11H2,(H,28,29)/p-1/t12-,13+,20?,21?. The molecule has 1 N–H and O–H groups in total. The molecule has 2 unspecified atom stereocenters. The summed E-state index contributed by atoms with van der Waals surface area (Å²) in [6.45, 7) is 0. The van der Waals surface area contributed by atoms with Gasteiger partial charge in [-0.05, 0) is 68.6 Å². The molecule has 4 bridgehead atoms. The molecule has 6 nitrogen and oxygen atoms in total. The molecule has 2 aromatic rings. The van der Waals surface area contributed by atoms with Gasteiger partial charge in [-0.2, -0.15) is 5.10 Å². The smallest absolute Gasteiger partial charge is 0.288 e. The normalized spacial score (nSPS) is 32.3. The Morgan fingerprint density at radius 2 is 2.00 bits per heavy atom. The SMILES string of the molecule is O=C([O-])C12C[C@H]3C[C@@H](C1)CC(n1ncc(Nc4cccc(F)c4)c(Cl)c1=O)(C3)C2. The first-order valence-electron chi connectivity index (χ1n) is 9.83. The van der Waals surface area contributed by atoms with E-state index in [4.69, 9.17) is 11.6 Å². The zero-order valence-corrected chi connectivity index (χ0v) is 16.4. The van der Waals surface area contributed by atoms with Gasteiger partial charge in [0.15, 0.2) is 0 Å². The maximum Gasteiger partial charge on any atom is 0.288 e. The van der Waals surface area contributed by atoms with Gasteiger partial charge < -0.3 is 15.2 Å². The summed E-state index contributed by atoms with van der Waals surface area (Å²) in [4.78, 5) is 25.1. The second kappa shape index (κ2) is 6.29. The highest BCUT2D eigenvalue weighted by atomic mass is 35.5. The van der Waals surface area contributed by atoms with Crippen molar-refractivity contribution in [2.75, 3.05) is 5.32 Å². The number of carbonyl (C=O) groups is 1. The van der Waals surface area contributed by atoms with E-state index in [0.29, 0.717) is 24.9 Å². The molecule has 4 aliphatic carbocycles. The highest BCUT2D eigenvalue weighted by Crippen LogP contribution is 2.63. The lowest BCUT2D eigenvalue weighted by molar-refractivity contribution is -0.329. The van der Waals surface area contributed by atoms with Crippen molar-refractivity contribution in [3.63, 3.8) is 0 Å². The lowest BCUT2D eigenvalue weighted by Crippen LogP contribution is -2.63. The second-order valence-corrected chi connectivity index (χ2v) is 9.36. The number of carboxylic acid groups (broad SMARTS) is 1. The second-order valence-electron chi connectivity index (χ2n) is 8.98. The van der Waals surface area contributed by atoms with E-state index >= 15 is 0 Å². The van der Waals surface area contributed by atoms with Crippen molar-refractivity contribution in [2.45, 2.75) is 44.1 Å². The number of hydrogen-bond acceptors (Lipinski definition) is 5. The number of carboxylic acids is 1. The quantitative estimate of drug-likeness (QED) is 0.828. The van der Waals surface area contributed by atoms with Crippen LogP contribution in [0.2, 0.25) is 5.02 Å². The fourth-order valence-corrected chi connectivity index (χ4v) is 6.46. The van der Waals surface area contributed by atoms with Gasteiger partial charge >= 0.3 is 0 Å². The lowest BCUT2D eigenvalue weighted by Gasteiger charge is -2.62. The molecule has 4 fully saturated rings. The van der Waals surface area contributed by atoms with E-state index in [0.717, 1.165) is 19.3 Å². The average molecular weight is 417 g/mol. The van der Waals surface area contributed by atoms with Crippen molar-refractivity contribution in [1.29, 1.82) is 0 Å². The van der Waals surface area contributed by atoms with Crippen molar-refractivity contribution >= 4 is 28.9 Å². The Balaban J connectivity index is 1.53. The minimum atomic E-state index is -1.01. The van der Waals surface area contributed by atoms with Crippen LogP contribution in [0.5, 0.6) is 0 Å². The number of nitrogens with one attached hydrogen (secondary N) is 1. The maximum atomic E-state index is 13.4. The zero-order chi connectivity index (χ0) is 20.4. The van der Waals surface area contributed by atoms with Crippen LogP contribution in [-0.4, -0.2) is 15.7 Å². The summed E-state index contributed by atoms with van der Waals surface area (Å²) < 4.78 is 14.8. The van der Waals surface area contributed by atoms with Gasteiger partial charge in [0.1, 0.15) is 10.8 Å². The number of benzene rings is 1. The van der Waals surface area contributed by atoms with Gasteiger partial charge in [0, 0.05) is 17.1 Å². The Kier molecular flexibility index (Phi) is 4.04. The number of halogens is 2. The third kappa shape index (κ3) is 2.86. The molecule has 0 radical (unpaired) electrons. The van der Waals surface area contributed by atoms with Crippen molar-refractivity contribution in [2.24, 2.45) is 17.3 Å². The predicted molar refractivity (Wildman–Crippen MR) is 103 cm³/mol. The van der Waals surface area contributed by atoms with Crippen molar-refractivity contribution in [3.05, 3.63) is 51.7 Å². The van der Waals surface area contributed by atoms with Crippen LogP contribution in [0.3, 0.4) is 0 Å². The first-order valence-corrected chi connectivity index (χ1v) is 10.2. The summed E-state index contributed by atoms with van der Waals surface area (Å²) in [5.41, 5.74) is -1.23. The molecule has 1 aromatic heterocycles. The van der Waals surface area contributed by atoms with E-state index in [1.807, 2.05) is 0 Å². The number of nitrogens with zero attached hydrogens (tertiary/aromatic N) is 2. The molecule has 29 heavy (non-hydrogen) atoms. The van der Waals surface area contributed by atoms with E-state index < -0.39 is 28.3 Å². The van der Waals surface area contributed by atoms with Crippen LogP contribution in [-0.2, 0) is 10.3 Å². The summed E-state index contributed by atoms with van der Waals surface area (Å²) in [5.74, 6) is -0.911. The Bertz CT molecular complexity index is 1060. The van der Waals surface area contributed by atoms with Crippen LogP contribution in [0.25, 0.3) is 0 Å². The number of hydrogen-bond donors (Lipinski definition) is 1. The van der Waals surface area contributed by atoms with Crippen LogP contribution < -0.4 is 16.0 Å². The molecule has 0 spiro atoms. The van der Waals surface area contributed by atoms with E-state index in [9.17, 15) is 19.1 Å². The predicted octanol–water partition coefficient (Wildman–Crippen LogP) is 2.82. The van der Waals surface area contributed by atoms with Gasteiger partial charge in [0.05, 0.1) is 17.4 Å². The Morgan fingerprint density at radius 3 is 2.66 bits per heavy atom. The van der Waals surface area contributed by atoms with Crippen molar-refractivity contribution in [1.82, 2.24) is 9.78 Å². The van der Waals surface area contributed by atoms with Crippen molar-refractivity contribution < 1.29 is 14.3 Å². The molecule has 0 amide bonds. The molecule has 6 rings (SSSR count).